The summed E-state index contributed by atoms with van der Waals surface area (Å²) >= 11 is 0. The molecular weight excluding hydrogens is 290 g/mol. The third-order valence-electron chi connectivity index (χ3n) is 3.10. The van der Waals surface area contributed by atoms with Crippen LogP contribution < -0.4 is 5.73 Å². The molecule has 0 aliphatic rings. The summed E-state index contributed by atoms with van der Waals surface area (Å²) in [6.45, 7) is 1.81. The van der Waals surface area contributed by atoms with Gasteiger partial charge in [-0.3, -0.25) is 4.98 Å². The van der Waals surface area contributed by atoms with Crippen molar-refractivity contribution in [1.29, 1.82) is 0 Å². The molecule has 0 aliphatic heterocycles. The third-order valence-corrected chi connectivity index (χ3v) is 4.46. The number of aryl methyl sites for hydroxylation is 1. The second-order valence-corrected chi connectivity index (χ2v) is 6.60. The SMILES string of the molecule is Cc1cccnc1CS(=O)(=O)c1nc2ccc(N)cc2o1. The van der Waals surface area contributed by atoms with Gasteiger partial charge < -0.3 is 10.2 Å². The summed E-state index contributed by atoms with van der Waals surface area (Å²) in [6, 6.07) is 8.38. The number of anilines is 1. The number of hydrogen-bond acceptors (Lipinski definition) is 6. The first-order valence-electron chi connectivity index (χ1n) is 6.25. The number of nitrogens with zero attached hydrogens (tertiary/aromatic N) is 2. The molecule has 2 heterocycles. The van der Waals surface area contributed by atoms with E-state index in [0.717, 1.165) is 5.56 Å². The van der Waals surface area contributed by atoms with Crippen LogP contribution in [-0.2, 0) is 15.6 Å². The van der Waals surface area contributed by atoms with Crippen molar-refractivity contribution in [1.82, 2.24) is 9.97 Å². The second kappa shape index (κ2) is 4.85. The third kappa shape index (κ3) is 2.59. The van der Waals surface area contributed by atoms with Crippen LogP contribution >= 0.6 is 0 Å². The van der Waals surface area contributed by atoms with Crippen LogP contribution in [0.4, 0.5) is 5.69 Å². The largest absolute Gasteiger partial charge is 0.428 e. The molecule has 108 valence electrons. The maximum absolute atomic E-state index is 12.4. The Morgan fingerprint density at radius 1 is 1.29 bits per heavy atom. The summed E-state index contributed by atoms with van der Waals surface area (Å²) in [5, 5.41) is -0.312. The van der Waals surface area contributed by atoms with Crippen molar-refractivity contribution in [3.05, 3.63) is 47.8 Å². The molecule has 21 heavy (non-hydrogen) atoms. The summed E-state index contributed by atoms with van der Waals surface area (Å²) < 4.78 is 30.1. The van der Waals surface area contributed by atoms with Gasteiger partial charge in [-0.15, -0.1) is 0 Å². The summed E-state index contributed by atoms with van der Waals surface area (Å²) in [7, 11) is -3.69. The van der Waals surface area contributed by atoms with E-state index in [2.05, 4.69) is 9.97 Å². The van der Waals surface area contributed by atoms with Crippen LogP contribution in [0.15, 0.2) is 46.2 Å². The minimum absolute atomic E-state index is 0.248. The maximum Gasteiger partial charge on any atom is 0.316 e. The molecule has 0 spiro atoms. The van der Waals surface area contributed by atoms with E-state index in [4.69, 9.17) is 10.2 Å². The lowest BCUT2D eigenvalue weighted by Gasteiger charge is -2.02. The highest BCUT2D eigenvalue weighted by Gasteiger charge is 2.23. The molecule has 6 nitrogen and oxygen atoms in total. The van der Waals surface area contributed by atoms with Crippen LogP contribution in [0.1, 0.15) is 11.3 Å². The number of pyridine rings is 1. The Morgan fingerprint density at radius 2 is 2.10 bits per heavy atom. The van der Waals surface area contributed by atoms with Crippen molar-refractivity contribution < 1.29 is 12.8 Å². The van der Waals surface area contributed by atoms with Crippen molar-refractivity contribution in [2.75, 3.05) is 5.73 Å². The zero-order valence-corrected chi connectivity index (χ0v) is 12.1. The molecule has 0 aliphatic carbocycles. The monoisotopic (exact) mass is 303 g/mol. The molecule has 3 aromatic rings. The zero-order chi connectivity index (χ0) is 15.0. The minimum atomic E-state index is -3.69. The van der Waals surface area contributed by atoms with Gasteiger partial charge in [0.15, 0.2) is 5.58 Å². The first-order chi connectivity index (χ1) is 9.95. The van der Waals surface area contributed by atoms with E-state index < -0.39 is 9.84 Å². The van der Waals surface area contributed by atoms with Crippen LogP contribution in [0.3, 0.4) is 0 Å². The summed E-state index contributed by atoms with van der Waals surface area (Å²) in [5.74, 6) is -0.248. The molecule has 2 aromatic heterocycles. The van der Waals surface area contributed by atoms with Crippen LogP contribution in [0.25, 0.3) is 11.1 Å². The Kier molecular flexibility index (Phi) is 3.13. The van der Waals surface area contributed by atoms with Gasteiger partial charge in [0.2, 0.25) is 9.84 Å². The Hall–Kier alpha value is -2.41. The molecule has 3 rings (SSSR count). The van der Waals surface area contributed by atoms with Gasteiger partial charge in [0.1, 0.15) is 11.3 Å². The van der Waals surface area contributed by atoms with Gasteiger partial charge in [0.25, 0.3) is 0 Å². The number of aromatic nitrogens is 2. The lowest BCUT2D eigenvalue weighted by Crippen LogP contribution is -2.08. The second-order valence-electron chi connectivity index (χ2n) is 4.73. The number of rotatable bonds is 3. The fraction of sp³-hybridized carbons (Fsp3) is 0.143. The highest BCUT2D eigenvalue weighted by Crippen LogP contribution is 2.23. The highest BCUT2D eigenvalue weighted by molar-refractivity contribution is 7.90. The van der Waals surface area contributed by atoms with Crippen LogP contribution in [0.5, 0.6) is 0 Å². The summed E-state index contributed by atoms with van der Waals surface area (Å²) in [4.78, 5) is 8.10. The van der Waals surface area contributed by atoms with E-state index in [-0.39, 0.29) is 11.0 Å². The number of oxazole rings is 1. The number of sulfone groups is 1. The molecule has 0 radical (unpaired) electrons. The predicted molar refractivity (Wildman–Crippen MR) is 78.3 cm³/mol. The van der Waals surface area contributed by atoms with Crippen molar-refractivity contribution in [2.24, 2.45) is 0 Å². The van der Waals surface area contributed by atoms with Crippen molar-refractivity contribution in [3.63, 3.8) is 0 Å². The molecule has 0 saturated carbocycles. The number of fused-ring (bicyclic) bond motifs is 1. The number of hydrogen-bond donors (Lipinski definition) is 1. The average molecular weight is 303 g/mol. The van der Waals surface area contributed by atoms with Gasteiger partial charge >= 0.3 is 5.22 Å². The van der Waals surface area contributed by atoms with Gasteiger partial charge in [0, 0.05) is 18.0 Å². The minimum Gasteiger partial charge on any atom is -0.428 e. The molecule has 0 unspecified atom stereocenters. The fourth-order valence-electron chi connectivity index (χ4n) is 1.96. The summed E-state index contributed by atoms with van der Waals surface area (Å²) in [5.41, 5.74) is 8.23. The van der Waals surface area contributed by atoms with Gasteiger partial charge in [-0.2, -0.15) is 4.98 Å². The summed E-state index contributed by atoms with van der Waals surface area (Å²) in [6.07, 6.45) is 1.56. The van der Waals surface area contributed by atoms with Gasteiger partial charge in [-0.05, 0) is 30.7 Å². The van der Waals surface area contributed by atoms with Crippen molar-refractivity contribution in [2.45, 2.75) is 17.9 Å². The van der Waals surface area contributed by atoms with E-state index in [1.165, 1.54) is 0 Å². The van der Waals surface area contributed by atoms with E-state index in [1.807, 2.05) is 13.0 Å². The topological polar surface area (TPSA) is 99.1 Å². The smallest absolute Gasteiger partial charge is 0.316 e. The Bertz CT molecular complexity index is 916. The molecule has 0 saturated heterocycles. The average Bonchev–Trinajstić information content (AvgIpc) is 2.85. The fourth-order valence-corrected chi connectivity index (χ4v) is 3.20. The van der Waals surface area contributed by atoms with E-state index in [1.54, 1.807) is 30.5 Å². The van der Waals surface area contributed by atoms with Crippen LogP contribution in [0.2, 0.25) is 0 Å². The first-order valence-corrected chi connectivity index (χ1v) is 7.90. The molecule has 0 amide bonds. The normalized spacial score (nSPS) is 11.9. The number of nitrogens with two attached hydrogens (primary N) is 1. The Morgan fingerprint density at radius 3 is 2.86 bits per heavy atom. The Labute approximate surface area is 121 Å². The predicted octanol–water partition coefficient (Wildman–Crippen LogP) is 2.09. The zero-order valence-electron chi connectivity index (χ0n) is 11.3. The molecular formula is C14H13N3O3S. The van der Waals surface area contributed by atoms with Crippen molar-refractivity contribution in [3.8, 4) is 0 Å². The van der Waals surface area contributed by atoms with Gasteiger partial charge in [-0.1, -0.05) is 6.07 Å². The molecule has 1 aromatic carbocycles. The van der Waals surface area contributed by atoms with Crippen molar-refractivity contribution >= 4 is 26.6 Å². The van der Waals surface area contributed by atoms with E-state index >= 15 is 0 Å². The van der Waals surface area contributed by atoms with Gasteiger partial charge in [-0.25, -0.2) is 8.42 Å². The van der Waals surface area contributed by atoms with Crippen LogP contribution in [-0.4, -0.2) is 18.4 Å². The molecule has 0 fully saturated rings. The molecule has 0 atom stereocenters. The quantitative estimate of drug-likeness (QED) is 0.744. The first kappa shape index (κ1) is 13.6. The lowest BCUT2D eigenvalue weighted by molar-refractivity contribution is 0.458. The molecule has 2 N–H and O–H groups in total. The molecule has 7 heteroatoms. The Balaban J connectivity index is 2.02. The lowest BCUT2D eigenvalue weighted by atomic mass is 10.2. The van der Waals surface area contributed by atoms with Crippen LogP contribution in [0, 0.1) is 6.92 Å². The van der Waals surface area contributed by atoms with Gasteiger partial charge in [0.05, 0.1) is 5.69 Å². The van der Waals surface area contributed by atoms with E-state index in [0.29, 0.717) is 22.5 Å². The standard InChI is InChI=1S/C14H13N3O3S/c1-9-3-2-6-16-12(9)8-21(18,19)14-17-11-5-4-10(15)7-13(11)20-14/h2-7H,8,15H2,1H3. The number of nitrogen functional groups attached to an aromatic ring is 1. The number of benzene rings is 1. The highest BCUT2D eigenvalue weighted by atomic mass is 32.2. The van der Waals surface area contributed by atoms with E-state index in [9.17, 15) is 8.42 Å². The molecule has 0 bridgehead atoms. The maximum atomic E-state index is 12.4.